The number of halogens is 1. The highest BCUT2D eigenvalue weighted by molar-refractivity contribution is 9.10. The Morgan fingerprint density at radius 1 is 0.513 bits per heavy atom. The molecule has 184 valence electrons. The molecule has 0 spiro atoms. The molecule has 1 nitrogen and oxygen atoms in total. The molecule has 0 saturated carbocycles. The predicted octanol–water partition coefficient (Wildman–Crippen LogP) is 10.4. The van der Waals surface area contributed by atoms with Gasteiger partial charge in [-0.1, -0.05) is 119 Å². The molecule has 39 heavy (non-hydrogen) atoms. The first kappa shape index (κ1) is 22.6. The SMILES string of the molecule is Brc1cccc(-n2c3ccccc3c3cc(-c4cccc5c4C(c4ccccc4)c4ccccc4-5)ccc32)c1. The Kier molecular flexibility index (Phi) is 5.11. The van der Waals surface area contributed by atoms with Gasteiger partial charge in [0.15, 0.2) is 0 Å². The average molecular weight is 563 g/mol. The molecule has 8 rings (SSSR count). The fourth-order valence-electron chi connectivity index (χ4n) is 6.54. The van der Waals surface area contributed by atoms with Gasteiger partial charge in [0.25, 0.3) is 0 Å². The van der Waals surface area contributed by atoms with Crippen LogP contribution in [0.4, 0.5) is 0 Å². The van der Waals surface area contributed by atoms with Gasteiger partial charge in [-0.15, -0.1) is 0 Å². The molecular formula is C37H24BrN. The molecule has 1 aliphatic carbocycles. The van der Waals surface area contributed by atoms with E-state index in [0.29, 0.717) is 0 Å². The van der Waals surface area contributed by atoms with Crippen molar-refractivity contribution in [2.24, 2.45) is 0 Å². The molecule has 1 atom stereocenters. The Bertz CT molecular complexity index is 2030. The third-order valence-electron chi connectivity index (χ3n) is 8.14. The van der Waals surface area contributed by atoms with E-state index in [1.165, 1.54) is 60.8 Å². The third-order valence-corrected chi connectivity index (χ3v) is 8.63. The Balaban J connectivity index is 1.39. The topological polar surface area (TPSA) is 4.93 Å². The summed E-state index contributed by atoms with van der Waals surface area (Å²) in [5.74, 6) is 0.215. The van der Waals surface area contributed by atoms with Crippen LogP contribution in [0, 0.1) is 0 Å². The normalized spacial score (nSPS) is 14.0. The summed E-state index contributed by atoms with van der Waals surface area (Å²) in [5.41, 5.74) is 13.0. The first-order chi connectivity index (χ1) is 19.3. The Hall–Kier alpha value is -4.40. The van der Waals surface area contributed by atoms with Gasteiger partial charge in [-0.25, -0.2) is 0 Å². The van der Waals surface area contributed by atoms with Gasteiger partial charge in [-0.3, -0.25) is 0 Å². The van der Waals surface area contributed by atoms with Gasteiger partial charge in [0, 0.05) is 26.9 Å². The van der Waals surface area contributed by atoms with Gasteiger partial charge in [-0.2, -0.15) is 0 Å². The zero-order chi connectivity index (χ0) is 25.9. The van der Waals surface area contributed by atoms with E-state index in [4.69, 9.17) is 0 Å². The van der Waals surface area contributed by atoms with Crippen LogP contribution in [0.1, 0.15) is 22.6 Å². The molecular weight excluding hydrogens is 538 g/mol. The van der Waals surface area contributed by atoms with Crippen molar-refractivity contribution in [3.05, 3.63) is 161 Å². The van der Waals surface area contributed by atoms with Crippen LogP contribution in [0.5, 0.6) is 0 Å². The smallest absolute Gasteiger partial charge is 0.0541 e. The highest BCUT2D eigenvalue weighted by Gasteiger charge is 2.32. The summed E-state index contributed by atoms with van der Waals surface area (Å²) in [5, 5.41) is 2.54. The molecule has 0 N–H and O–H groups in total. The predicted molar refractivity (Wildman–Crippen MR) is 167 cm³/mol. The molecule has 1 aromatic heterocycles. The first-order valence-corrected chi connectivity index (χ1v) is 14.1. The van der Waals surface area contributed by atoms with Crippen LogP contribution < -0.4 is 0 Å². The fourth-order valence-corrected chi connectivity index (χ4v) is 6.93. The van der Waals surface area contributed by atoms with Crippen LogP contribution >= 0.6 is 15.9 Å². The third kappa shape index (κ3) is 3.45. The maximum Gasteiger partial charge on any atom is 0.0541 e. The van der Waals surface area contributed by atoms with E-state index in [9.17, 15) is 0 Å². The van der Waals surface area contributed by atoms with Crippen molar-refractivity contribution in [2.75, 3.05) is 0 Å². The molecule has 0 radical (unpaired) electrons. The summed E-state index contributed by atoms with van der Waals surface area (Å²) in [7, 11) is 0. The Morgan fingerprint density at radius 2 is 1.23 bits per heavy atom. The van der Waals surface area contributed by atoms with E-state index in [1.807, 2.05) is 0 Å². The minimum Gasteiger partial charge on any atom is -0.309 e. The molecule has 0 saturated heterocycles. The van der Waals surface area contributed by atoms with Crippen LogP contribution in [0.15, 0.2) is 144 Å². The van der Waals surface area contributed by atoms with E-state index in [-0.39, 0.29) is 5.92 Å². The summed E-state index contributed by atoms with van der Waals surface area (Å²) in [6.07, 6.45) is 0. The zero-order valence-corrected chi connectivity index (χ0v) is 22.8. The highest BCUT2D eigenvalue weighted by atomic mass is 79.9. The number of hydrogen-bond acceptors (Lipinski definition) is 0. The van der Waals surface area contributed by atoms with Gasteiger partial charge in [0.2, 0.25) is 0 Å². The molecule has 1 aliphatic rings. The van der Waals surface area contributed by atoms with Gasteiger partial charge < -0.3 is 4.57 Å². The van der Waals surface area contributed by atoms with Crippen LogP contribution in [0.3, 0.4) is 0 Å². The number of benzene rings is 6. The number of para-hydroxylation sites is 1. The maximum absolute atomic E-state index is 3.67. The quantitative estimate of drug-likeness (QED) is 0.202. The van der Waals surface area contributed by atoms with Gasteiger partial charge in [0.05, 0.1) is 11.0 Å². The summed E-state index contributed by atoms with van der Waals surface area (Å²) in [4.78, 5) is 0. The molecule has 1 unspecified atom stereocenters. The lowest BCUT2D eigenvalue weighted by Crippen LogP contribution is -2.01. The van der Waals surface area contributed by atoms with Crippen molar-refractivity contribution < 1.29 is 0 Å². The van der Waals surface area contributed by atoms with E-state index in [0.717, 1.165) is 10.2 Å². The second-order valence-corrected chi connectivity index (χ2v) is 11.2. The lowest BCUT2D eigenvalue weighted by atomic mass is 9.85. The molecule has 6 aromatic carbocycles. The number of nitrogens with zero attached hydrogens (tertiary/aromatic N) is 1. The molecule has 0 bridgehead atoms. The van der Waals surface area contributed by atoms with E-state index in [1.54, 1.807) is 0 Å². The lowest BCUT2D eigenvalue weighted by molar-refractivity contribution is 1.02. The van der Waals surface area contributed by atoms with Crippen molar-refractivity contribution >= 4 is 37.7 Å². The van der Waals surface area contributed by atoms with Crippen LogP contribution in [-0.2, 0) is 0 Å². The second kappa shape index (κ2) is 8.83. The van der Waals surface area contributed by atoms with Gasteiger partial charge in [0.1, 0.15) is 0 Å². The van der Waals surface area contributed by atoms with Crippen molar-refractivity contribution in [1.29, 1.82) is 0 Å². The van der Waals surface area contributed by atoms with Crippen molar-refractivity contribution in [1.82, 2.24) is 4.57 Å². The van der Waals surface area contributed by atoms with Crippen LogP contribution in [0.2, 0.25) is 0 Å². The van der Waals surface area contributed by atoms with Gasteiger partial charge in [-0.05, 0) is 75.3 Å². The van der Waals surface area contributed by atoms with E-state index in [2.05, 4.69) is 160 Å². The summed E-state index contributed by atoms with van der Waals surface area (Å²) < 4.78 is 3.45. The van der Waals surface area contributed by atoms with Gasteiger partial charge >= 0.3 is 0 Å². The highest BCUT2D eigenvalue weighted by Crippen LogP contribution is 2.51. The molecule has 0 amide bonds. The summed E-state index contributed by atoms with van der Waals surface area (Å²) in [6.45, 7) is 0. The molecule has 0 fully saturated rings. The minimum atomic E-state index is 0.215. The second-order valence-electron chi connectivity index (χ2n) is 10.3. The summed E-state index contributed by atoms with van der Waals surface area (Å²) >= 11 is 3.67. The Labute approximate surface area is 236 Å². The van der Waals surface area contributed by atoms with E-state index < -0.39 is 0 Å². The largest absolute Gasteiger partial charge is 0.309 e. The Morgan fingerprint density at radius 3 is 2.13 bits per heavy atom. The minimum absolute atomic E-state index is 0.215. The standard InChI is InChI=1S/C37H24BrN/c38-26-12-8-13-27(23-26)39-34-19-7-6-15-30(34)33-22-25(20-21-35(33)39)28-17-9-18-32-29-14-4-5-16-31(29)36(37(28)32)24-10-2-1-3-11-24/h1-23,36H. The molecule has 2 heteroatoms. The number of aromatic nitrogens is 1. The van der Waals surface area contributed by atoms with Crippen molar-refractivity contribution in [3.63, 3.8) is 0 Å². The van der Waals surface area contributed by atoms with Crippen molar-refractivity contribution in [3.8, 4) is 27.9 Å². The van der Waals surface area contributed by atoms with Crippen LogP contribution in [-0.4, -0.2) is 4.57 Å². The molecule has 1 heterocycles. The molecule has 7 aromatic rings. The fraction of sp³-hybridized carbons (Fsp3) is 0.0270. The maximum atomic E-state index is 3.67. The number of rotatable bonds is 3. The van der Waals surface area contributed by atoms with Crippen LogP contribution in [0.25, 0.3) is 49.7 Å². The zero-order valence-electron chi connectivity index (χ0n) is 21.2. The number of fused-ring (bicyclic) bond motifs is 6. The van der Waals surface area contributed by atoms with Crippen molar-refractivity contribution in [2.45, 2.75) is 5.92 Å². The number of hydrogen-bond donors (Lipinski definition) is 0. The van der Waals surface area contributed by atoms with E-state index >= 15 is 0 Å². The monoisotopic (exact) mass is 561 g/mol. The first-order valence-electron chi connectivity index (χ1n) is 13.3. The molecule has 0 aliphatic heterocycles. The lowest BCUT2D eigenvalue weighted by Gasteiger charge is -2.18. The average Bonchev–Trinajstić information content (AvgIpc) is 3.50. The summed E-state index contributed by atoms with van der Waals surface area (Å²) in [6, 6.07) is 50.9.